The van der Waals surface area contributed by atoms with Gasteiger partial charge in [-0.05, 0) is 37.8 Å². The maximum atomic E-state index is 12.5. The minimum absolute atomic E-state index is 0.0279. The average Bonchev–Trinajstić information content (AvgIpc) is 3.24. The molecule has 1 heterocycles. The van der Waals surface area contributed by atoms with Gasteiger partial charge < -0.3 is 19.5 Å². The van der Waals surface area contributed by atoms with E-state index in [9.17, 15) is 14.4 Å². The highest BCUT2D eigenvalue weighted by Gasteiger charge is 2.64. The fourth-order valence-corrected chi connectivity index (χ4v) is 4.60. The number of nitrogens with one attached hydrogen (secondary N) is 1. The summed E-state index contributed by atoms with van der Waals surface area (Å²) < 4.78 is 16.0. The fraction of sp³-hybridized carbons (Fsp3) is 0.526. The Morgan fingerprint density at radius 2 is 2.08 bits per heavy atom. The van der Waals surface area contributed by atoms with Gasteiger partial charge in [0.25, 0.3) is 5.91 Å². The van der Waals surface area contributed by atoms with Gasteiger partial charge in [0.1, 0.15) is 11.9 Å². The lowest BCUT2D eigenvalue weighted by molar-refractivity contribution is -0.157. The smallest absolute Gasteiger partial charge is 0.310 e. The summed E-state index contributed by atoms with van der Waals surface area (Å²) in [4.78, 5) is 36.6. The molecule has 1 aromatic carbocycles. The van der Waals surface area contributed by atoms with Gasteiger partial charge in [-0.15, -0.1) is 0 Å². The second-order valence-electron chi connectivity index (χ2n) is 7.01. The van der Waals surface area contributed by atoms with Crippen LogP contribution in [0.4, 0.5) is 5.69 Å². The fourth-order valence-electron chi connectivity index (χ4n) is 4.60. The zero-order chi connectivity index (χ0) is 18.3. The first kappa shape index (κ1) is 16.9. The number of ether oxygens (including phenoxy) is 3. The number of esters is 2. The van der Waals surface area contributed by atoms with Crippen LogP contribution in [0.2, 0.25) is 0 Å². The summed E-state index contributed by atoms with van der Waals surface area (Å²) in [5, 5.41) is 2.68. The van der Waals surface area contributed by atoms with Crippen LogP contribution in [0, 0.1) is 23.7 Å². The summed E-state index contributed by atoms with van der Waals surface area (Å²) in [5.74, 6) is -1.27. The van der Waals surface area contributed by atoms with Gasteiger partial charge in [-0.3, -0.25) is 14.4 Å². The second kappa shape index (κ2) is 6.63. The number of amides is 1. The zero-order valence-corrected chi connectivity index (χ0v) is 14.5. The van der Waals surface area contributed by atoms with E-state index in [-0.39, 0.29) is 23.9 Å². The van der Waals surface area contributed by atoms with Crippen molar-refractivity contribution in [1.29, 1.82) is 0 Å². The number of carbonyl (C=O) groups excluding carboxylic acids is 3. The van der Waals surface area contributed by atoms with Crippen LogP contribution in [0.1, 0.15) is 19.8 Å². The molecule has 1 amide bonds. The second-order valence-corrected chi connectivity index (χ2v) is 7.01. The van der Waals surface area contributed by atoms with Crippen LogP contribution in [0.5, 0.6) is 5.75 Å². The predicted octanol–water partition coefficient (Wildman–Crippen LogP) is 1.76. The molecule has 4 rings (SSSR count). The van der Waals surface area contributed by atoms with Crippen molar-refractivity contribution in [1.82, 2.24) is 0 Å². The van der Waals surface area contributed by atoms with Crippen LogP contribution >= 0.6 is 0 Å². The maximum absolute atomic E-state index is 12.5. The molecule has 2 saturated carbocycles. The van der Waals surface area contributed by atoms with Gasteiger partial charge in [0.05, 0.1) is 24.1 Å². The SMILES string of the molecule is CCOc1ccccc1NC(=O)COC(=O)[C@@H]1[C@@H]2C[C@H]3[C@@H]1C(=O)O[C@@H]3C2. The molecule has 0 spiro atoms. The van der Waals surface area contributed by atoms with E-state index in [4.69, 9.17) is 14.2 Å². The van der Waals surface area contributed by atoms with Crippen molar-refractivity contribution in [2.24, 2.45) is 23.7 Å². The normalized spacial score (nSPS) is 30.8. The Morgan fingerprint density at radius 3 is 2.88 bits per heavy atom. The highest BCUT2D eigenvalue weighted by molar-refractivity contribution is 5.94. The lowest BCUT2D eigenvalue weighted by Crippen LogP contribution is -2.35. The van der Waals surface area contributed by atoms with Crippen LogP contribution < -0.4 is 10.1 Å². The highest BCUT2D eigenvalue weighted by Crippen LogP contribution is 2.57. The Kier molecular flexibility index (Phi) is 4.30. The molecule has 0 radical (unpaired) electrons. The van der Waals surface area contributed by atoms with Crippen LogP contribution in [-0.2, 0) is 23.9 Å². The lowest BCUT2D eigenvalue weighted by Gasteiger charge is -2.22. The van der Waals surface area contributed by atoms with E-state index in [1.54, 1.807) is 18.2 Å². The Bertz CT molecular complexity index is 745. The van der Waals surface area contributed by atoms with E-state index in [1.807, 2.05) is 13.0 Å². The molecule has 0 aromatic heterocycles. The third kappa shape index (κ3) is 2.81. The van der Waals surface area contributed by atoms with Crippen molar-refractivity contribution in [2.45, 2.75) is 25.9 Å². The van der Waals surface area contributed by atoms with Crippen molar-refractivity contribution in [2.75, 3.05) is 18.5 Å². The number of hydrogen-bond acceptors (Lipinski definition) is 6. The molecular weight excluding hydrogens is 338 g/mol. The number of hydrogen-bond donors (Lipinski definition) is 1. The number of carbonyl (C=O) groups is 3. The van der Waals surface area contributed by atoms with Crippen molar-refractivity contribution in [3.8, 4) is 5.75 Å². The van der Waals surface area contributed by atoms with Gasteiger partial charge >= 0.3 is 11.9 Å². The first-order valence-corrected chi connectivity index (χ1v) is 8.97. The molecule has 1 aromatic rings. The molecule has 7 nitrogen and oxygen atoms in total. The van der Waals surface area contributed by atoms with Crippen molar-refractivity contribution >= 4 is 23.5 Å². The molecule has 7 heteroatoms. The Balaban J connectivity index is 1.34. The minimum Gasteiger partial charge on any atom is -0.492 e. The van der Waals surface area contributed by atoms with Gasteiger partial charge in [0.2, 0.25) is 0 Å². The quantitative estimate of drug-likeness (QED) is 0.779. The van der Waals surface area contributed by atoms with Crippen LogP contribution in [-0.4, -0.2) is 37.2 Å². The topological polar surface area (TPSA) is 90.9 Å². The monoisotopic (exact) mass is 359 g/mol. The van der Waals surface area contributed by atoms with E-state index in [0.717, 1.165) is 12.8 Å². The highest BCUT2D eigenvalue weighted by atomic mass is 16.6. The molecule has 3 fully saturated rings. The molecule has 138 valence electrons. The molecule has 0 unspecified atom stereocenters. The summed E-state index contributed by atoms with van der Waals surface area (Å²) in [6.07, 6.45) is 1.52. The first-order valence-electron chi connectivity index (χ1n) is 8.97. The predicted molar refractivity (Wildman–Crippen MR) is 90.3 cm³/mol. The average molecular weight is 359 g/mol. The van der Waals surface area contributed by atoms with Gasteiger partial charge in [-0.2, -0.15) is 0 Å². The number of anilines is 1. The number of fused-ring (bicyclic) bond motifs is 1. The molecule has 26 heavy (non-hydrogen) atoms. The minimum atomic E-state index is -0.479. The van der Waals surface area contributed by atoms with Crippen LogP contribution in [0.15, 0.2) is 24.3 Å². The van der Waals surface area contributed by atoms with Crippen molar-refractivity contribution < 1.29 is 28.6 Å². The van der Waals surface area contributed by atoms with Crippen molar-refractivity contribution in [3.05, 3.63) is 24.3 Å². The maximum Gasteiger partial charge on any atom is 0.310 e. The van der Waals surface area contributed by atoms with E-state index in [1.165, 1.54) is 0 Å². The Hall–Kier alpha value is -2.57. The molecule has 2 aliphatic carbocycles. The van der Waals surface area contributed by atoms with Crippen LogP contribution in [0.3, 0.4) is 0 Å². The van der Waals surface area contributed by atoms with Crippen molar-refractivity contribution in [3.63, 3.8) is 0 Å². The molecule has 1 aliphatic heterocycles. The summed E-state index contributed by atoms with van der Waals surface area (Å²) >= 11 is 0. The third-order valence-corrected chi connectivity index (χ3v) is 5.56. The standard InChI is InChI=1S/C19H21NO6/c1-2-24-13-6-4-3-5-12(13)20-15(21)9-25-18(22)16-10-7-11-14(8-10)26-19(23)17(11)16/h3-6,10-11,14,16-17H,2,7-9H2,1H3,(H,20,21)/t10-,11-,14-,16-,17+/m1/s1. The number of benzene rings is 1. The van der Waals surface area contributed by atoms with E-state index in [2.05, 4.69) is 5.32 Å². The molecular formula is C19H21NO6. The third-order valence-electron chi connectivity index (χ3n) is 5.56. The molecule has 1 saturated heterocycles. The van der Waals surface area contributed by atoms with E-state index >= 15 is 0 Å². The van der Waals surface area contributed by atoms with Gasteiger partial charge in [0, 0.05) is 5.92 Å². The summed E-state index contributed by atoms with van der Waals surface area (Å²) in [5.41, 5.74) is 0.525. The number of para-hydroxylation sites is 2. The Morgan fingerprint density at radius 1 is 1.27 bits per heavy atom. The van der Waals surface area contributed by atoms with Gasteiger partial charge in [0.15, 0.2) is 6.61 Å². The first-order chi connectivity index (χ1) is 12.6. The van der Waals surface area contributed by atoms with Gasteiger partial charge in [-0.25, -0.2) is 0 Å². The zero-order valence-electron chi connectivity index (χ0n) is 14.5. The Labute approximate surface area is 151 Å². The molecule has 2 bridgehead atoms. The van der Waals surface area contributed by atoms with Crippen LogP contribution in [0.25, 0.3) is 0 Å². The molecule has 3 aliphatic rings. The lowest BCUT2D eigenvalue weighted by atomic mass is 9.80. The van der Waals surface area contributed by atoms with E-state index in [0.29, 0.717) is 18.0 Å². The summed E-state index contributed by atoms with van der Waals surface area (Å²) in [6.45, 7) is 1.94. The summed E-state index contributed by atoms with van der Waals surface area (Å²) in [6, 6.07) is 7.06. The number of rotatable bonds is 6. The summed E-state index contributed by atoms with van der Waals surface area (Å²) in [7, 11) is 0. The molecule has 1 N–H and O–H groups in total. The van der Waals surface area contributed by atoms with E-state index < -0.39 is 30.3 Å². The van der Waals surface area contributed by atoms with Gasteiger partial charge in [-0.1, -0.05) is 12.1 Å². The molecule has 5 atom stereocenters. The largest absolute Gasteiger partial charge is 0.492 e.